The number of carbonyl (C=O) groups excluding carboxylic acids is 2. The molecular formula is C32H49ClO3. The van der Waals surface area contributed by atoms with Gasteiger partial charge in [0, 0.05) is 12.3 Å². The summed E-state index contributed by atoms with van der Waals surface area (Å²) < 4.78 is 5.89. The molecule has 0 aromatic heterocycles. The van der Waals surface area contributed by atoms with E-state index in [1.54, 1.807) is 12.5 Å². The van der Waals surface area contributed by atoms with Crippen LogP contribution in [0.2, 0.25) is 0 Å². The van der Waals surface area contributed by atoms with Gasteiger partial charge in [-0.3, -0.25) is 9.59 Å². The molecule has 202 valence electrons. The maximum absolute atomic E-state index is 13.1. The summed E-state index contributed by atoms with van der Waals surface area (Å²) in [5, 5.41) is -0.0808. The molecule has 0 N–H and O–H groups in total. The Bertz CT molecular complexity index is 984. The fourth-order valence-electron chi connectivity index (χ4n) is 11.2. The Morgan fingerprint density at radius 3 is 2.25 bits per heavy atom. The molecule has 36 heavy (non-hydrogen) atoms. The summed E-state index contributed by atoms with van der Waals surface area (Å²) in [7, 11) is 0. The summed E-state index contributed by atoms with van der Waals surface area (Å²) in [6, 6.07) is 0. The van der Waals surface area contributed by atoms with Crippen LogP contribution in [-0.2, 0) is 14.3 Å². The van der Waals surface area contributed by atoms with Crippen LogP contribution in [0.15, 0.2) is 11.6 Å². The van der Waals surface area contributed by atoms with E-state index in [0.29, 0.717) is 23.7 Å². The van der Waals surface area contributed by atoms with Gasteiger partial charge in [0.25, 0.3) is 0 Å². The second-order valence-corrected chi connectivity index (χ2v) is 15.4. The number of ether oxygens (including phenoxy) is 1. The highest BCUT2D eigenvalue weighted by molar-refractivity contribution is 6.64. The van der Waals surface area contributed by atoms with Crippen LogP contribution >= 0.6 is 11.6 Å². The molecule has 1 unspecified atom stereocenters. The summed E-state index contributed by atoms with van der Waals surface area (Å²) >= 11 is 6.47. The third kappa shape index (κ3) is 3.29. The van der Waals surface area contributed by atoms with Gasteiger partial charge in [0.1, 0.15) is 6.10 Å². The Hall–Kier alpha value is -0.830. The lowest BCUT2D eigenvalue weighted by molar-refractivity contribution is -0.212. The first-order valence-electron chi connectivity index (χ1n) is 14.7. The molecule has 0 radical (unpaired) electrons. The van der Waals surface area contributed by atoms with Crippen molar-refractivity contribution in [3.63, 3.8) is 0 Å². The van der Waals surface area contributed by atoms with Crippen molar-refractivity contribution in [1.82, 2.24) is 0 Å². The van der Waals surface area contributed by atoms with Gasteiger partial charge in [-0.05, 0) is 115 Å². The SMILES string of the molecule is CC(=O)O[C@H]1CC[C@@]2(C)C(CC[C@]3(C)[C@@H]2CC=C2[C@@H]4[C@@H](C)[C@H](C)CC[C@]4(C(=O)Cl)CC[C@]23C)C1(C)C. The molecule has 4 saturated carbocycles. The zero-order valence-corrected chi connectivity index (χ0v) is 24.8. The number of allylic oxidation sites excluding steroid dienone is 2. The molecule has 5 aliphatic rings. The zero-order chi connectivity index (χ0) is 26.5. The minimum Gasteiger partial charge on any atom is -0.462 e. The minimum atomic E-state index is -0.368. The highest BCUT2D eigenvalue weighted by atomic mass is 35.5. The van der Waals surface area contributed by atoms with E-state index in [9.17, 15) is 9.59 Å². The number of halogens is 1. The summed E-state index contributed by atoms with van der Waals surface area (Å²) in [4.78, 5) is 25.0. The van der Waals surface area contributed by atoms with E-state index in [1.807, 2.05) is 0 Å². The Morgan fingerprint density at radius 2 is 1.61 bits per heavy atom. The van der Waals surface area contributed by atoms with Gasteiger partial charge >= 0.3 is 5.97 Å². The van der Waals surface area contributed by atoms with Gasteiger partial charge in [-0.1, -0.05) is 60.1 Å². The lowest BCUT2D eigenvalue weighted by atomic mass is 9.33. The predicted octanol–water partition coefficient (Wildman–Crippen LogP) is 8.34. The fourth-order valence-corrected chi connectivity index (χ4v) is 11.5. The quantitative estimate of drug-likeness (QED) is 0.210. The highest BCUT2D eigenvalue weighted by Gasteiger charge is 2.69. The number of fused-ring (bicyclic) bond motifs is 7. The van der Waals surface area contributed by atoms with Gasteiger partial charge in [-0.15, -0.1) is 0 Å². The molecule has 4 heteroatoms. The average molecular weight is 517 g/mol. The standard InChI is InChI=1S/C32H49ClO3/c1-19-11-16-32(27(33)35)18-17-30(7)22(26(32)20(19)2)9-10-24-29(6)14-13-25(36-21(3)34)28(4,5)23(29)12-15-31(24,30)8/h9,19-20,23-26H,10-18H2,1-8H3/t19-,20+,23?,24-,25+,26+,29+,30-,31-,32+/m1/s1. The van der Waals surface area contributed by atoms with E-state index in [-0.39, 0.29) is 50.3 Å². The van der Waals surface area contributed by atoms with Crippen molar-refractivity contribution in [2.24, 2.45) is 56.7 Å². The predicted molar refractivity (Wildman–Crippen MR) is 145 cm³/mol. The topological polar surface area (TPSA) is 43.4 Å². The van der Waals surface area contributed by atoms with Crippen LogP contribution in [-0.4, -0.2) is 17.3 Å². The number of esters is 1. The molecule has 0 spiro atoms. The molecule has 0 heterocycles. The number of hydrogen-bond acceptors (Lipinski definition) is 3. The molecule has 4 fully saturated rings. The molecule has 0 amide bonds. The van der Waals surface area contributed by atoms with E-state index >= 15 is 0 Å². The third-order valence-electron chi connectivity index (χ3n) is 13.6. The fraction of sp³-hybridized carbons (Fsp3) is 0.875. The smallest absolute Gasteiger partial charge is 0.302 e. The number of carbonyl (C=O) groups is 2. The zero-order valence-electron chi connectivity index (χ0n) is 24.0. The molecule has 0 aromatic rings. The highest BCUT2D eigenvalue weighted by Crippen LogP contribution is 2.76. The van der Waals surface area contributed by atoms with Crippen molar-refractivity contribution in [2.75, 3.05) is 0 Å². The summed E-state index contributed by atoms with van der Waals surface area (Å²) in [6.07, 6.45) is 12.3. The van der Waals surface area contributed by atoms with Crippen LogP contribution < -0.4 is 0 Å². The van der Waals surface area contributed by atoms with E-state index in [1.165, 1.54) is 12.8 Å². The second-order valence-electron chi connectivity index (χ2n) is 15.0. The first-order valence-corrected chi connectivity index (χ1v) is 15.1. The molecule has 0 saturated heterocycles. The van der Waals surface area contributed by atoms with E-state index < -0.39 is 0 Å². The lowest BCUT2D eigenvalue weighted by Crippen LogP contribution is -2.65. The minimum absolute atomic E-state index is 0.0114. The molecule has 5 rings (SSSR count). The maximum Gasteiger partial charge on any atom is 0.302 e. The summed E-state index contributed by atoms with van der Waals surface area (Å²) in [5.41, 5.74) is 1.72. The first kappa shape index (κ1) is 26.8. The van der Waals surface area contributed by atoms with Crippen molar-refractivity contribution in [1.29, 1.82) is 0 Å². The van der Waals surface area contributed by atoms with Crippen molar-refractivity contribution in [3.8, 4) is 0 Å². The van der Waals surface area contributed by atoms with Crippen LogP contribution in [0, 0.1) is 56.7 Å². The van der Waals surface area contributed by atoms with Gasteiger partial charge in [0.2, 0.25) is 5.24 Å². The van der Waals surface area contributed by atoms with Gasteiger partial charge in [0.05, 0.1) is 5.41 Å². The van der Waals surface area contributed by atoms with E-state index in [0.717, 1.165) is 44.9 Å². The molecule has 3 nitrogen and oxygen atoms in total. The van der Waals surface area contributed by atoms with Crippen molar-refractivity contribution >= 4 is 22.8 Å². The molecule has 0 aliphatic heterocycles. The van der Waals surface area contributed by atoms with Gasteiger partial charge in [0.15, 0.2) is 0 Å². The van der Waals surface area contributed by atoms with Crippen LogP contribution in [0.25, 0.3) is 0 Å². The molecular weight excluding hydrogens is 468 g/mol. The second kappa shape index (κ2) is 8.33. The van der Waals surface area contributed by atoms with Gasteiger partial charge in [-0.25, -0.2) is 0 Å². The summed E-state index contributed by atoms with van der Waals surface area (Å²) in [6.45, 7) is 18.7. The molecule has 10 atom stereocenters. The molecule has 0 aromatic carbocycles. The maximum atomic E-state index is 13.1. The van der Waals surface area contributed by atoms with Crippen LogP contribution in [0.3, 0.4) is 0 Å². The average Bonchev–Trinajstić information content (AvgIpc) is 2.78. The van der Waals surface area contributed by atoms with E-state index in [2.05, 4.69) is 54.5 Å². The Balaban J connectivity index is 1.56. The molecule has 0 bridgehead atoms. The van der Waals surface area contributed by atoms with Gasteiger partial charge < -0.3 is 4.74 Å². The monoisotopic (exact) mass is 516 g/mol. The van der Waals surface area contributed by atoms with Crippen molar-refractivity contribution in [3.05, 3.63) is 11.6 Å². The Labute approximate surface area is 224 Å². The van der Waals surface area contributed by atoms with Crippen LogP contribution in [0.1, 0.15) is 113 Å². The number of rotatable bonds is 2. The Morgan fingerprint density at radius 1 is 0.917 bits per heavy atom. The Kier molecular flexibility index (Phi) is 6.19. The van der Waals surface area contributed by atoms with Crippen molar-refractivity contribution < 1.29 is 14.3 Å². The largest absolute Gasteiger partial charge is 0.462 e. The lowest BCUT2D eigenvalue weighted by Gasteiger charge is -2.71. The third-order valence-corrected chi connectivity index (χ3v) is 14.0. The first-order chi connectivity index (χ1) is 16.6. The number of hydrogen-bond donors (Lipinski definition) is 0. The van der Waals surface area contributed by atoms with E-state index in [4.69, 9.17) is 16.3 Å². The van der Waals surface area contributed by atoms with Gasteiger partial charge in [-0.2, -0.15) is 0 Å². The molecule has 5 aliphatic carbocycles. The summed E-state index contributed by atoms with van der Waals surface area (Å²) in [5.74, 6) is 2.39. The van der Waals surface area contributed by atoms with Crippen LogP contribution in [0.4, 0.5) is 0 Å². The van der Waals surface area contributed by atoms with Crippen molar-refractivity contribution in [2.45, 2.75) is 119 Å². The normalized spacial score (nSPS) is 51.5. The van der Waals surface area contributed by atoms with Crippen LogP contribution in [0.5, 0.6) is 0 Å².